The van der Waals surface area contributed by atoms with Crippen LogP contribution in [0.25, 0.3) is 43.1 Å². The van der Waals surface area contributed by atoms with Gasteiger partial charge in [0.15, 0.2) is 0 Å². The van der Waals surface area contributed by atoms with E-state index in [0.29, 0.717) is 62.5 Å². The lowest BCUT2D eigenvalue weighted by atomic mass is 9.84. The van der Waals surface area contributed by atoms with Gasteiger partial charge in [-0.2, -0.15) is 0 Å². The Kier molecular flexibility index (Phi) is 8.60. The third-order valence-corrected chi connectivity index (χ3v) is 9.48. The molecule has 0 aliphatic rings. The second kappa shape index (κ2) is 13.3. The highest BCUT2D eigenvalue weighted by atomic mass is 16.4. The van der Waals surface area contributed by atoms with Gasteiger partial charge in [0.05, 0.1) is 11.1 Å². The monoisotopic (exact) mass is 662 g/mol. The normalized spacial score (nSPS) is 12.0. The van der Waals surface area contributed by atoms with Crippen molar-refractivity contribution in [2.75, 3.05) is 6.54 Å². The fraction of sp³-hybridized carbons (Fsp3) is 0.143. The van der Waals surface area contributed by atoms with Gasteiger partial charge >= 0.3 is 11.9 Å². The van der Waals surface area contributed by atoms with Crippen molar-refractivity contribution in [3.8, 4) is 0 Å². The summed E-state index contributed by atoms with van der Waals surface area (Å²) in [5, 5.41) is 31.0. The van der Waals surface area contributed by atoms with Gasteiger partial charge in [-0.05, 0) is 93.9 Å². The van der Waals surface area contributed by atoms with Crippen LogP contribution in [0, 0.1) is 0 Å². The van der Waals surface area contributed by atoms with E-state index >= 15 is 0 Å². The zero-order valence-corrected chi connectivity index (χ0v) is 27.3. The molecule has 0 radical (unpaired) electrons. The molecular formula is C42H34N2O6. The number of carboxylic acid groups (broad SMARTS) is 2. The van der Waals surface area contributed by atoms with E-state index in [1.54, 1.807) is 36.4 Å². The minimum Gasteiger partial charge on any atom is -0.478 e. The number of amides is 2. The molecule has 0 spiro atoms. The lowest BCUT2D eigenvalue weighted by Crippen LogP contribution is -2.33. The Hall–Kier alpha value is -6.28. The standard InChI is InChI=1S/C42H34N2O6/c1-24(12-13-25-8-4-2-5-9-25)44-40(46)32-19-15-28-29-16-20-33(41(47)48)37-31(39(45)43-23-22-26-10-6-3-7-11-26)18-14-27(35(29)37)30-17-21-34(42(49)50)38(32)36(28)30/h2-11,14-21,24H,12-13,22-23H2,1H3,(H,43,45)(H,44,46)(H,47,48)(H,49,50). The van der Waals surface area contributed by atoms with Gasteiger partial charge in [-0.15, -0.1) is 0 Å². The number of aryl methyl sites for hydroxylation is 1. The van der Waals surface area contributed by atoms with Crippen molar-refractivity contribution in [2.45, 2.75) is 32.2 Å². The zero-order valence-electron chi connectivity index (χ0n) is 27.3. The molecular weight excluding hydrogens is 628 g/mol. The molecule has 0 aliphatic carbocycles. The number of nitrogens with one attached hydrogen (secondary N) is 2. The zero-order chi connectivity index (χ0) is 34.9. The van der Waals surface area contributed by atoms with Gasteiger partial charge in [-0.3, -0.25) is 9.59 Å². The third kappa shape index (κ3) is 5.85. The van der Waals surface area contributed by atoms with Crippen molar-refractivity contribution in [1.29, 1.82) is 0 Å². The van der Waals surface area contributed by atoms with Crippen LogP contribution in [0.5, 0.6) is 0 Å². The first-order valence-electron chi connectivity index (χ1n) is 16.6. The van der Waals surface area contributed by atoms with Crippen molar-refractivity contribution in [2.24, 2.45) is 0 Å². The number of hydrogen-bond donors (Lipinski definition) is 4. The van der Waals surface area contributed by atoms with Crippen LogP contribution in [0.15, 0.2) is 109 Å². The molecule has 8 nitrogen and oxygen atoms in total. The Bertz CT molecular complexity index is 2420. The lowest BCUT2D eigenvalue weighted by Gasteiger charge is -2.20. The van der Waals surface area contributed by atoms with Gasteiger partial charge < -0.3 is 20.8 Å². The summed E-state index contributed by atoms with van der Waals surface area (Å²) in [6, 6.07) is 32.8. The summed E-state index contributed by atoms with van der Waals surface area (Å²) in [7, 11) is 0. The Balaban J connectivity index is 1.34. The molecule has 7 aromatic carbocycles. The Labute approximate surface area is 287 Å². The van der Waals surface area contributed by atoms with Crippen LogP contribution in [0.2, 0.25) is 0 Å². The number of carbonyl (C=O) groups is 4. The fourth-order valence-corrected chi connectivity index (χ4v) is 7.09. The van der Waals surface area contributed by atoms with Crippen molar-refractivity contribution in [1.82, 2.24) is 10.6 Å². The average molecular weight is 663 g/mol. The van der Waals surface area contributed by atoms with E-state index in [1.165, 1.54) is 12.1 Å². The molecule has 0 fully saturated rings. The Morgan fingerprint density at radius 2 is 0.940 bits per heavy atom. The van der Waals surface area contributed by atoms with Crippen LogP contribution in [0.3, 0.4) is 0 Å². The van der Waals surface area contributed by atoms with E-state index in [0.717, 1.165) is 17.5 Å². The molecule has 0 aliphatic heterocycles. The topological polar surface area (TPSA) is 133 Å². The molecule has 0 heterocycles. The van der Waals surface area contributed by atoms with E-state index in [1.807, 2.05) is 67.6 Å². The molecule has 248 valence electrons. The van der Waals surface area contributed by atoms with Crippen molar-refractivity contribution >= 4 is 66.8 Å². The van der Waals surface area contributed by atoms with Crippen LogP contribution >= 0.6 is 0 Å². The largest absolute Gasteiger partial charge is 0.478 e. The average Bonchev–Trinajstić information content (AvgIpc) is 3.12. The van der Waals surface area contributed by atoms with Gasteiger partial charge in [0.25, 0.3) is 11.8 Å². The van der Waals surface area contributed by atoms with Crippen LogP contribution in [0.1, 0.15) is 65.9 Å². The highest BCUT2D eigenvalue weighted by Crippen LogP contribution is 2.44. The maximum absolute atomic E-state index is 13.8. The number of carboxylic acids is 2. The maximum atomic E-state index is 13.8. The van der Waals surface area contributed by atoms with Gasteiger partial charge in [-0.1, -0.05) is 84.9 Å². The summed E-state index contributed by atoms with van der Waals surface area (Å²) in [5.41, 5.74) is 2.68. The quantitative estimate of drug-likeness (QED) is 0.0824. The fourth-order valence-electron chi connectivity index (χ4n) is 7.09. The van der Waals surface area contributed by atoms with Gasteiger partial charge in [-0.25, -0.2) is 9.59 Å². The number of fused-ring (bicyclic) bond motifs is 2. The van der Waals surface area contributed by atoms with E-state index in [2.05, 4.69) is 10.6 Å². The van der Waals surface area contributed by atoms with Gasteiger partial charge in [0.2, 0.25) is 0 Å². The highest BCUT2D eigenvalue weighted by Gasteiger charge is 2.26. The smallest absolute Gasteiger partial charge is 0.336 e. The Morgan fingerprint density at radius 1 is 0.520 bits per heavy atom. The van der Waals surface area contributed by atoms with E-state index in [4.69, 9.17) is 0 Å². The first kappa shape index (κ1) is 32.3. The Morgan fingerprint density at radius 3 is 1.40 bits per heavy atom. The number of aromatic carboxylic acids is 2. The molecule has 7 aromatic rings. The second-order valence-electron chi connectivity index (χ2n) is 12.6. The molecule has 0 saturated heterocycles. The van der Waals surface area contributed by atoms with Crippen LogP contribution in [-0.4, -0.2) is 46.6 Å². The molecule has 7 rings (SSSR count). The summed E-state index contributed by atoms with van der Waals surface area (Å²) >= 11 is 0. The highest BCUT2D eigenvalue weighted by molar-refractivity contribution is 6.38. The molecule has 50 heavy (non-hydrogen) atoms. The number of benzene rings is 7. The number of hydrogen-bond acceptors (Lipinski definition) is 4. The molecule has 4 N–H and O–H groups in total. The molecule has 1 unspecified atom stereocenters. The van der Waals surface area contributed by atoms with Crippen molar-refractivity contribution in [3.63, 3.8) is 0 Å². The maximum Gasteiger partial charge on any atom is 0.336 e. The third-order valence-electron chi connectivity index (χ3n) is 9.48. The number of rotatable bonds is 11. The predicted octanol–water partition coefficient (Wildman–Crippen LogP) is 7.86. The first-order chi connectivity index (χ1) is 24.2. The molecule has 0 saturated carbocycles. The van der Waals surface area contributed by atoms with Crippen LogP contribution in [0.4, 0.5) is 0 Å². The summed E-state index contributed by atoms with van der Waals surface area (Å²) in [5.74, 6) is -3.11. The summed E-state index contributed by atoms with van der Waals surface area (Å²) in [6.07, 6.45) is 2.09. The van der Waals surface area contributed by atoms with Gasteiger partial charge in [0, 0.05) is 34.5 Å². The second-order valence-corrected chi connectivity index (χ2v) is 12.6. The molecule has 1 atom stereocenters. The van der Waals surface area contributed by atoms with E-state index in [9.17, 15) is 29.4 Å². The minimum atomic E-state index is -1.17. The molecule has 2 amide bonds. The van der Waals surface area contributed by atoms with Crippen molar-refractivity contribution < 1.29 is 29.4 Å². The van der Waals surface area contributed by atoms with Crippen LogP contribution in [-0.2, 0) is 12.8 Å². The SMILES string of the molecule is CC(CCc1ccccc1)NC(=O)c1ccc2c3ccc(C(=O)O)c4c(C(=O)NCCc5ccccc5)ccc(c5ccc(C(=O)O)c1c52)c43. The molecule has 0 bridgehead atoms. The lowest BCUT2D eigenvalue weighted by molar-refractivity contribution is 0.0688. The predicted molar refractivity (Wildman–Crippen MR) is 196 cm³/mol. The first-order valence-corrected chi connectivity index (χ1v) is 16.6. The summed E-state index contributed by atoms with van der Waals surface area (Å²) in [6.45, 7) is 2.29. The van der Waals surface area contributed by atoms with Crippen LogP contribution < -0.4 is 10.6 Å². The van der Waals surface area contributed by atoms with E-state index in [-0.39, 0.29) is 34.2 Å². The van der Waals surface area contributed by atoms with Crippen molar-refractivity contribution in [3.05, 3.63) is 143 Å². The summed E-state index contributed by atoms with van der Waals surface area (Å²) < 4.78 is 0. The van der Waals surface area contributed by atoms with Gasteiger partial charge in [0.1, 0.15) is 0 Å². The summed E-state index contributed by atoms with van der Waals surface area (Å²) in [4.78, 5) is 52.6. The minimum absolute atomic E-state index is 0.0102. The molecule has 8 heteroatoms. The molecule has 0 aromatic heterocycles. The van der Waals surface area contributed by atoms with E-state index < -0.39 is 17.8 Å². The number of carbonyl (C=O) groups excluding carboxylic acids is 2.